The SMILES string of the molecule is COCC(C)(C)NCc1cn[nH]c1-c1cccs1. The highest BCUT2D eigenvalue weighted by molar-refractivity contribution is 7.13. The molecule has 18 heavy (non-hydrogen) atoms. The number of aromatic nitrogens is 2. The molecule has 5 heteroatoms. The first-order chi connectivity index (χ1) is 8.62. The van der Waals surface area contributed by atoms with Gasteiger partial charge in [-0.3, -0.25) is 5.10 Å². The maximum atomic E-state index is 5.20. The van der Waals surface area contributed by atoms with E-state index in [9.17, 15) is 0 Å². The fraction of sp³-hybridized carbons (Fsp3) is 0.462. The predicted molar refractivity (Wildman–Crippen MR) is 74.7 cm³/mol. The Hall–Kier alpha value is -1.17. The molecule has 0 amide bonds. The van der Waals surface area contributed by atoms with Gasteiger partial charge < -0.3 is 10.1 Å². The zero-order valence-electron chi connectivity index (χ0n) is 11.0. The van der Waals surface area contributed by atoms with Crippen molar-refractivity contribution in [1.29, 1.82) is 0 Å². The first-order valence-corrected chi connectivity index (χ1v) is 6.80. The fourth-order valence-electron chi connectivity index (χ4n) is 1.83. The van der Waals surface area contributed by atoms with Gasteiger partial charge >= 0.3 is 0 Å². The van der Waals surface area contributed by atoms with Gasteiger partial charge in [0.1, 0.15) is 0 Å². The van der Waals surface area contributed by atoms with Crippen molar-refractivity contribution in [2.45, 2.75) is 25.9 Å². The molecule has 0 aliphatic carbocycles. The van der Waals surface area contributed by atoms with Crippen molar-refractivity contribution < 1.29 is 4.74 Å². The van der Waals surface area contributed by atoms with Crippen LogP contribution < -0.4 is 5.32 Å². The number of nitrogens with one attached hydrogen (secondary N) is 2. The largest absolute Gasteiger partial charge is 0.383 e. The summed E-state index contributed by atoms with van der Waals surface area (Å²) in [6, 6.07) is 4.15. The second-order valence-electron chi connectivity index (χ2n) is 4.92. The van der Waals surface area contributed by atoms with E-state index in [0.29, 0.717) is 6.61 Å². The molecule has 0 spiro atoms. The lowest BCUT2D eigenvalue weighted by atomic mass is 10.1. The Morgan fingerprint density at radius 1 is 1.50 bits per heavy atom. The van der Waals surface area contributed by atoms with E-state index in [2.05, 4.69) is 40.8 Å². The Morgan fingerprint density at radius 2 is 2.33 bits per heavy atom. The summed E-state index contributed by atoms with van der Waals surface area (Å²) >= 11 is 1.71. The minimum atomic E-state index is -0.0429. The smallest absolute Gasteiger partial charge is 0.0794 e. The van der Waals surface area contributed by atoms with Crippen LogP contribution >= 0.6 is 11.3 Å². The number of aromatic amines is 1. The molecule has 98 valence electrons. The summed E-state index contributed by atoms with van der Waals surface area (Å²) in [6.45, 7) is 5.71. The Bertz CT molecular complexity index is 476. The summed E-state index contributed by atoms with van der Waals surface area (Å²) in [6.07, 6.45) is 1.88. The Morgan fingerprint density at radius 3 is 3.00 bits per heavy atom. The molecule has 2 rings (SSSR count). The van der Waals surface area contributed by atoms with Crippen molar-refractivity contribution >= 4 is 11.3 Å². The molecule has 2 aromatic rings. The number of nitrogens with zero attached hydrogens (tertiary/aromatic N) is 1. The second-order valence-corrected chi connectivity index (χ2v) is 5.87. The van der Waals surface area contributed by atoms with Crippen LogP contribution in [-0.2, 0) is 11.3 Å². The van der Waals surface area contributed by atoms with E-state index in [4.69, 9.17) is 4.74 Å². The summed E-state index contributed by atoms with van der Waals surface area (Å²) < 4.78 is 5.20. The van der Waals surface area contributed by atoms with Crippen LogP contribution in [0, 0.1) is 0 Å². The minimum absolute atomic E-state index is 0.0429. The molecule has 2 heterocycles. The Kier molecular flexibility index (Phi) is 4.16. The van der Waals surface area contributed by atoms with E-state index in [0.717, 1.165) is 12.2 Å². The summed E-state index contributed by atoms with van der Waals surface area (Å²) in [5, 5.41) is 12.8. The van der Waals surface area contributed by atoms with Crippen molar-refractivity contribution in [3.05, 3.63) is 29.3 Å². The second kappa shape index (κ2) is 5.65. The van der Waals surface area contributed by atoms with Gasteiger partial charge in [0.2, 0.25) is 0 Å². The van der Waals surface area contributed by atoms with Crippen LogP contribution in [0.4, 0.5) is 0 Å². The number of thiophene rings is 1. The molecular weight excluding hydrogens is 246 g/mol. The molecule has 0 saturated heterocycles. The van der Waals surface area contributed by atoms with Gasteiger partial charge in [0.25, 0.3) is 0 Å². The summed E-state index contributed by atoms with van der Waals surface area (Å²) in [4.78, 5) is 1.22. The van der Waals surface area contributed by atoms with Crippen LogP contribution in [0.25, 0.3) is 10.6 Å². The van der Waals surface area contributed by atoms with Gasteiger partial charge in [-0.2, -0.15) is 5.10 Å². The van der Waals surface area contributed by atoms with Crippen LogP contribution in [0.5, 0.6) is 0 Å². The highest BCUT2D eigenvalue weighted by Crippen LogP contribution is 2.25. The first-order valence-electron chi connectivity index (χ1n) is 5.92. The van der Waals surface area contributed by atoms with Gasteiger partial charge in [-0.05, 0) is 25.3 Å². The number of hydrogen-bond donors (Lipinski definition) is 2. The zero-order valence-corrected chi connectivity index (χ0v) is 11.8. The van der Waals surface area contributed by atoms with E-state index in [-0.39, 0.29) is 5.54 Å². The van der Waals surface area contributed by atoms with Gasteiger partial charge in [0.05, 0.1) is 23.4 Å². The van der Waals surface area contributed by atoms with Crippen molar-refractivity contribution in [1.82, 2.24) is 15.5 Å². The molecule has 0 aliphatic heterocycles. The minimum Gasteiger partial charge on any atom is -0.383 e. The molecule has 2 N–H and O–H groups in total. The van der Waals surface area contributed by atoms with Crippen LogP contribution in [0.15, 0.2) is 23.7 Å². The van der Waals surface area contributed by atoms with E-state index < -0.39 is 0 Å². The molecule has 0 aliphatic rings. The van der Waals surface area contributed by atoms with E-state index >= 15 is 0 Å². The molecule has 0 saturated carbocycles. The summed E-state index contributed by atoms with van der Waals surface area (Å²) in [5.41, 5.74) is 2.24. The summed E-state index contributed by atoms with van der Waals surface area (Å²) in [5.74, 6) is 0. The van der Waals surface area contributed by atoms with E-state index in [1.54, 1.807) is 18.4 Å². The lowest BCUT2D eigenvalue weighted by molar-refractivity contribution is 0.128. The zero-order chi connectivity index (χ0) is 13.0. The average Bonchev–Trinajstić information content (AvgIpc) is 2.97. The normalized spacial score (nSPS) is 11.9. The predicted octanol–water partition coefficient (Wildman–Crippen LogP) is 2.65. The number of rotatable bonds is 6. The van der Waals surface area contributed by atoms with Crippen molar-refractivity contribution in [3.63, 3.8) is 0 Å². The number of hydrogen-bond acceptors (Lipinski definition) is 4. The number of ether oxygens (including phenoxy) is 1. The standard InChI is InChI=1S/C13H19N3OS/c1-13(2,9-17-3)14-7-10-8-15-16-12(10)11-5-4-6-18-11/h4-6,8,14H,7,9H2,1-3H3,(H,15,16). The Balaban J connectivity index is 2.05. The summed E-state index contributed by atoms with van der Waals surface area (Å²) in [7, 11) is 1.72. The highest BCUT2D eigenvalue weighted by atomic mass is 32.1. The lowest BCUT2D eigenvalue weighted by Gasteiger charge is -2.25. The topological polar surface area (TPSA) is 49.9 Å². The van der Waals surface area contributed by atoms with Crippen LogP contribution in [-0.4, -0.2) is 29.5 Å². The van der Waals surface area contributed by atoms with Crippen LogP contribution in [0.1, 0.15) is 19.4 Å². The highest BCUT2D eigenvalue weighted by Gasteiger charge is 2.18. The van der Waals surface area contributed by atoms with Crippen molar-refractivity contribution in [3.8, 4) is 10.6 Å². The van der Waals surface area contributed by atoms with Crippen molar-refractivity contribution in [2.24, 2.45) is 0 Å². The quantitative estimate of drug-likeness (QED) is 0.844. The molecule has 0 unspecified atom stereocenters. The van der Waals surface area contributed by atoms with Crippen molar-refractivity contribution in [2.75, 3.05) is 13.7 Å². The molecule has 0 radical (unpaired) electrons. The molecule has 0 fully saturated rings. The monoisotopic (exact) mass is 265 g/mol. The maximum absolute atomic E-state index is 5.20. The first kappa shape index (κ1) is 13.3. The maximum Gasteiger partial charge on any atom is 0.0794 e. The van der Waals surface area contributed by atoms with Gasteiger partial charge in [0.15, 0.2) is 0 Å². The Labute approximate surface area is 111 Å². The van der Waals surface area contributed by atoms with Crippen LogP contribution in [0.2, 0.25) is 0 Å². The van der Waals surface area contributed by atoms with Gasteiger partial charge in [-0.1, -0.05) is 6.07 Å². The molecule has 0 atom stereocenters. The third-order valence-corrected chi connectivity index (χ3v) is 3.64. The molecular formula is C13H19N3OS. The van der Waals surface area contributed by atoms with Gasteiger partial charge in [-0.25, -0.2) is 0 Å². The molecule has 0 aromatic carbocycles. The third-order valence-electron chi connectivity index (χ3n) is 2.75. The van der Waals surface area contributed by atoms with Crippen LogP contribution in [0.3, 0.4) is 0 Å². The fourth-order valence-corrected chi connectivity index (χ4v) is 2.58. The van der Waals surface area contributed by atoms with E-state index in [1.807, 2.05) is 12.3 Å². The molecule has 4 nitrogen and oxygen atoms in total. The average molecular weight is 265 g/mol. The molecule has 2 aromatic heterocycles. The van der Waals surface area contributed by atoms with Gasteiger partial charge in [0, 0.05) is 24.8 Å². The lowest BCUT2D eigenvalue weighted by Crippen LogP contribution is -2.42. The number of H-pyrrole nitrogens is 1. The van der Waals surface area contributed by atoms with E-state index in [1.165, 1.54) is 10.4 Å². The third kappa shape index (κ3) is 3.19. The number of methoxy groups -OCH3 is 1. The van der Waals surface area contributed by atoms with Gasteiger partial charge in [-0.15, -0.1) is 11.3 Å². The molecule has 0 bridgehead atoms.